The van der Waals surface area contributed by atoms with E-state index < -0.39 is 0 Å². The minimum atomic E-state index is -0.207. The van der Waals surface area contributed by atoms with E-state index in [1.807, 2.05) is 32.0 Å². The van der Waals surface area contributed by atoms with Crippen molar-refractivity contribution in [3.05, 3.63) is 59.2 Å². The van der Waals surface area contributed by atoms with Gasteiger partial charge in [-0.05, 0) is 48.9 Å². The highest BCUT2D eigenvalue weighted by atomic mass is 32.1. The molecule has 2 aromatic carbocycles. The normalized spacial score (nSPS) is 12.5. The first kappa shape index (κ1) is 17.6. The molecule has 0 aliphatic heterocycles. The second-order valence-electron chi connectivity index (χ2n) is 6.99. The summed E-state index contributed by atoms with van der Waals surface area (Å²) < 4.78 is 1.10. The molecule has 3 aromatic rings. The summed E-state index contributed by atoms with van der Waals surface area (Å²) in [7, 11) is 0. The maximum atomic E-state index is 12.6. The number of aryl methyl sites for hydroxylation is 1. The summed E-state index contributed by atoms with van der Waals surface area (Å²) in [4.78, 5) is 17.2. The predicted octanol–water partition coefficient (Wildman–Crippen LogP) is 5.55. The number of nitrogens with one attached hydrogen (secondary N) is 1. The van der Waals surface area contributed by atoms with Gasteiger partial charge in [-0.2, -0.15) is 0 Å². The molecule has 1 N–H and O–H groups in total. The van der Waals surface area contributed by atoms with Gasteiger partial charge in [0.15, 0.2) is 5.13 Å². The zero-order valence-electron chi connectivity index (χ0n) is 15.2. The van der Waals surface area contributed by atoms with Crippen LogP contribution in [0.1, 0.15) is 43.4 Å². The molecular weight excluding hydrogens is 328 g/mol. The SMILES string of the molecule is Cc1cccc2sc(NC(=O)[C@@H](C)c3ccc(CC(C)C)cc3)nc12. The maximum Gasteiger partial charge on any atom is 0.233 e. The van der Waals surface area contributed by atoms with Crippen LogP contribution in [0.25, 0.3) is 10.2 Å². The van der Waals surface area contributed by atoms with Gasteiger partial charge in [0.2, 0.25) is 5.91 Å². The molecule has 3 rings (SSSR count). The van der Waals surface area contributed by atoms with E-state index in [4.69, 9.17) is 0 Å². The Balaban J connectivity index is 1.72. The Labute approximate surface area is 153 Å². The lowest BCUT2D eigenvalue weighted by molar-refractivity contribution is -0.117. The number of amides is 1. The molecule has 0 aliphatic carbocycles. The number of carbonyl (C=O) groups is 1. The van der Waals surface area contributed by atoms with Crippen LogP contribution >= 0.6 is 11.3 Å². The molecular formula is C21H24N2OS. The highest BCUT2D eigenvalue weighted by molar-refractivity contribution is 7.22. The monoisotopic (exact) mass is 352 g/mol. The molecule has 0 fully saturated rings. The lowest BCUT2D eigenvalue weighted by atomic mass is 9.96. The largest absolute Gasteiger partial charge is 0.301 e. The first-order chi connectivity index (χ1) is 11.9. The quantitative estimate of drug-likeness (QED) is 0.654. The second kappa shape index (κ2) is 7.36. The Hall–Kier alpha value is -2.20. The number of benzene rings is 2. The Kier molecular flexibility index (Phi) is 5.19. The van der Waals surface area contributed by atoms with Crippen LogP contribution < -0.4 is 5.32 Å². The number of nitrogens with zero attached hydrogens (tertiary/aromatic N) is 1. The zero-order valence-corrected chi connectivity index (χ0v) is 16.0. The zero-order chi connectivity index (χ0) is 18.0. The number of rotatable bonds is 5. The number of carbonyl (C=O) groups excluding carboxylic acids is 1. The van der Waals surface area contributed by atoms with Gasteiger partial charge in [-0.25, -0.2) is 4.98 Å². The average Bonchev–Trinajstić information content (AvgIpc) is 2.98. The smallest absolute Gasteiger partial charge is 0.233 e. The molecule has 1 heterocycles. The number of aromatic nitrogens is 1. The summed E-state index contributed by atoms with van der Waals surface area (Å²) >= 11 is 1.52. The summed E-state index contributed by atoms with van der Waals surface area (Å²) in [6.45, 7) is 8.40. The van der Waals surface area contributed by atoms with Crippen molar-refractivity contribution in [1.82, 2.24) is 4.98 Å². The fourth-order valence-corrected chi connectivity index (χ4v) is 3.87. The van der Waals surface area contributed by atoms with Crippen molar-refractivity contribution in [2.75, 3.05) is 5.32 Å². The van der Waals surface area contributed by atoms with Gasteiger partial charge in [-0.1, -0.05) is 61.6 Å². The Morgan fingerprint density at radius 1 is 1.12 bits per heavy atom. The number of fused-ring (bicyclic) bond motifs is 1. The van der Waals surface area contributed by atoms with Crippen molar-refractivity contribution < 1.29 is 4.79 Å². The van der Waals surface area contributed by atoms with Crippen LogP contribution in [0.3, 0.4) is 0 Å². The van der Waals surface area contributed by atoms with Gasteiger partial charge >= 0.3 is 0 Å². The Bertz CT molecular complexity index is 881. The summed E-state index contributed by atoms with van der Waals surface area (Å²) in [6, 6.07) is 14.5. The molecule has 0 unspecified atom stereocenters. The van der Waals surface area contributed by atoms with E-state index in [0.717, 1.165) is 27.8 Å². The van der Waals surface area contributed by atoms with E-state index >= 15 is 0 Å². The van der Waals surface area contributed by atoms with Crippen LogP contribution in [0.15, 0.2) is 42.5 Å². The number of hydrogen-bond donors (Lipinski definition) is 1. The molecule has 25 heavy (non-hydrogen) atoms. The van der Waals surface area contributed by atoms with Crippen molar-refractivity contribution in [3.63, 3.8) is 0 Å². The Morgan fingerprint density at radius 2 is 1.84 bits per heavy atom. The van der Waals surface area contributed by atoms with Crippen molar-refractivity contribution >= 4 is 32.6 Å². The van der Waals surface area contributed by atoms with Crippen molar-refractivity contribution in [2.24, 2.45) is 5.92 Å². The maximum absolute atomic E-state index is 12.6. The van der Waals surface area contributed by atoms with Crippen LogP contribution in [0.5, 0.6) is 0 Å². The standard InChI is InChI=1S/C21H24N2OS/c1-13(2)12-16-8-10-17(11-9-16)15(4)20(24)23-21-22-19-14(3)6-5-7-18(19)25-21/h5-11,13,15H,12H2,1-4H3,(H,22,23,24)/t15-/m0/s1. The molecule has 1 amide bonds. The molecule has 1 aromatic heterocycles. The van der Waals surface area contributed by atoms with Crippen molar-refractivity contribution in [1.29, 1.82) is 0 Å². The molecule has 1 atom stereocenters. The lowest BCUT2D eigenvalue weighted by Crippen LogP contribution is -2.18. The Morgan fingerprint density at radius 3 is 2.48 bits per heavy atom. The van der Waals surface area contributed by atoms with E-state index in [1.165, 1.54) is 16.9 Å². The molecule has 0 saturated heterocycles. The topological polar surface area (TPSA) is 42.0 Å². The number of hydrogen-bond acceptors (Lipinski definition) is 3. The van der Waals surface area contributed by atoms with E-state index in [9.17, 15) is 4.79 Å². The molecule has 3 nitrogen and oxygen atoms in total. The number of thiazole rings is 1. The van der Waals surface area contributed by atoms with Crippen LogP contribution in [-0.4, -0.2) is 10.9 Å². The summed E-state index contributed by atoms with van der Waals surface area (Å²) in [5, 5.41) is 3.64. The van der Waals surface area contributed by atoms with Crippen LogP contribution in [0.4, 0.5) is 5.13 Å². The highest BCUT2D eigenvalue weighted by Gasteiger charge is 2.17. The van der Waals surface area contributed by atoms with Gasteiger partial charge in [-0.3, -0.25) is 4.79 Å². The van der Waals surface area contributed by atoms with Crippen LogP contribution in [0, 0.1) is 12.8 Å². The molecule has 0 saturated carbocycles. The molecule has 130 valence electrons. The third-order valence-corrected chi connectivity index (χ3v) is 5.30. The molecule has 4 heteroatoms. The number of anilines is 1. The van der Waals surface area contributed by atoms with E-state index in [1.54, 1.807) is 0 Å². The van der Waals surface area contributed by atoms with Gasteiger partial charge in [0.25, 0.3) is 0 Å². The highest BCUT2D eigenvalue weighted by Crippen LogP contribution is 2.29. The van der Waals surface area contributed by atoms with Gasteiger partial charge in [0.1, 0.15) is 0 Å². The van der Waals surface area contributed by atoms with Crippen LogP contribution in [-0.2, 0) is 11.2 Å². The van der Waals surface area contributed by atoms with Crippen molar-refractivity contribution in [2.45, 2.75) is 40.0 Å². The average molecular weight is 353 g/mol. The first-order valence-electron chi connectivity index (χ1n) is 8.70. The van der Waals surface area contributed by atoms with E-state index in [-0.39, 0.29) is 11.8 Å². The van der Waals surface area contributed by atoms with Gasteiger partial charge < -0.3 is 5.32 Å². The fourth-order valence-electron chi connectivity index (χ4n) is 2.92. The minimum absolute atomic E-state index is 0.0201. The summed E-state index contributed by atoms with van der Waals surface area (Å²) in [6.07, 6.45) is 1.06. The fraction of sp³-hybridized carbons (Fsp3) is 0.333. The van der Waals surface area contributed by atoms with E-state index in [0.29, 0.717) is 11.0 Å². The molecule has 0 spiro atoms. The second-order valence-corrected chi connectivity index (χ2v) is 8.02. The minimum Gasteiger partial charge on any atom is -0.301 e. The van der Waals surface area contributed by atoms with Gasteiger partial charge in [0, 0.05) is 0 Å². The summed E-state index contributed by atoms with van der Waals surface area (Å²) in [5.74, 6) is 0.406. The van der Waals surface area contributed by atoms with Crippen LogP contribution in [0.2, 0.25) is 0 Å². The van der Waals surface area contributed by atoms with Gasteiger partial charge in [-0.15, -0.1) is 0 Å². The predicted molar refractivity (Wildman–Crippen MR) is 106 cm³/mol. The molecule has 0 bridgehead atoms. The third-order valence-electron chi connectivity index (χ3n) is 4.37. The number of para-hydroxylation sites is 1. The molecule has 0 aliphatic rings. The van der Waals surface area contributed by atoms with E-state index in [2.05, 4.69) is 48.4 Å². The summed E-state index contributed by atoms with van der Waals surface area (Å²) in [5.41, 5.74) is 4.44. The van der Waals surface area contributed by atoms with Crippen molar-refractivity contribution in [3.8, 4) is 0 Å². The third kappa shape index (κ3) is 4.07. The van der Waals surface area contributed by atoms with Gasteiger partial charge in [0.05, 0.1) is 16.1 Å². The lowest BCUT2D eigenvalue weighted by Gasteiger charge is -2.12. The molecule has 0 radical (unpaired) electrons. The first-order valence-corrected chi connectivity index (χ1v) is 9.51.